The molecule has 1 saturated carbocycles. The molecule has 0 atom stereocenters. The van der Waals surface area contributed by atoms with Crippen molar-refractivity contribution in [2.24, 2.45) is 0 Å². The van der Waals surface area contributed by atoms with Crippen molar-refractivity contribution < 1.29 is 4.79 Å². The highest BCUT2D eigenvalue weighted by Crippen LogP contribution is 2.27. The molecule has 6 heteroatoms. The van der Waals surface area contributed by atoms with E-state index in [4.69, 9.17) is 0 Å². The zero-order valence-corrected chi connectivity index (χ0v) is 14.5. The normalized spacial score (nSPS) is 16.6. The highest BCUT2D eigenvalue weighted by atomic mass is 79.9. The molecule has 0 N–H and O–H groups in total. The number of hydrogen-bond acceptors (Lipinski definition) is 4. The molecule has 20 heavy (non-hydrogen) atoms. The van der Waals surface area contributed by atoms with Gasteiger partial charge in [-0.2, -0.15) is 0 Å². The Morgan fingerprint density at radius 1 is 1.40 bits per heavy atom. The van der Waals surface area contributed by atoms with Gasteiger partial charge in [0.15, 0.2) is 0 Å². The van der Waals surface area contributed by atoms with Crippen molar-refractivity contribution in [3.05, 3.63) is 10.6 Å². The molecule has 1 aromatic heterocycles. The van der Waals surface area contributed by atoms with Gasteiger partial charge in [-0.15, -0.1) is 5.10 Å². The van der Waals surface area contributed by atoms with E-state index >= 15 is 0 Å². The van der Waals surface area contributed by atoms with Gasteiger partial charge in [-0.05, 0) is 30.3 Å². The Kier molecular flexibility index (Phi) is 5.96. The fraction of sp³-hybridized carbons (Fsp3) is 0.786. The number of halogens is 1. The molecule has 1 aliphatic carbocycles. The van der Waals surface area contributed by atoms with Gasteiger partial charge in [-0.3, -0.25) is 4.79 Å². The SMILES string of the molecule is CC(C)c1nnsc1C(=O)N(CCBr)C1CCCCC1. The van der Waals surface area contributed by atoms with Crippen molar-refractivity contribution in [3.8, 4) is 0 Å². The Labute approximate surface area is 133 Å². The lowest BCUT2D eigenvalue weighted by Gasteiger charge is -2.34. The Hall–Kier alpha value is -0.490. The lowest BCUT2D eigenvalue weighted by atomic mass is 9.94. The first-order valence-electron chi connectivity index (χ1n) is 7.34. The van der Waals surface area contributed by atoms with Crippen LogP contribution >= 0.6 is 27.5 Å². The summed E-state index contributed by atoms with van der Waals surface area (Å²) in [7, 11) is 0. The number of hydrogen-bond donors (Lipinski definition) is 0. The molecule has 0 bridgehead atoms. The molecule has 0 aromatic carbocycles. The molecule has 0 saturated heterocycles. The second-order valence-corrected chi connectivity index (χ2v) is 7.17. The summed E-state index contributed by atoms with van der Waals surface area (Å²) < 4.78 is 3.98. The second kappa shape index (κ2) is 7.50. The maximum atomic E-state index is 12.9. The molecule has 0 spiro atoms. The minimum atomic E-state index is 0.120. The van der Waals surface area contributed by atoms with E-state index in [1.54, 1.807) is 0 Å². The van der Waals surface area contributed by atoms with E-state index in [2.05, 4.69) is 39.4 Å². The predicted molar refractivity (Wildman–Crippen MR) is 85.7 cm³/mol. The van der Waals surface area contributed by atoms with Crippen molar-refractivity contribution in [1.29, 1.82) is 0 Å². The number of aromatic nitrogens is 2. The first-order valence-corrected chi connectivity index (χ1v) is 9.23. The van der Waals surface area contributed by atoms with Gasteiger partial charge in [0.05, 0.1) is 5.69 Å². The Balaban J connectivity index is 2.19. The van der Waals surface area contributed by atoms with E-state index in [0.29, 0.717) is 6.04 Å². The van der Waals surface area contributed by atoms with E-state index in [9.17, 15) is 4.79 Å². The van der Waals surface area contributed by atoms with Gasteiger partial charge in [0.2, 0.25) is 0 Å². The Morgan fingerprint density at radius 2 is 2.10 bits per heavy atom. The van der Waals surface area contributed by atoms with Gasteiger partial charge in [-0.25, -0.2) is 0 Å². The zero-order valence-electron chi connectivity index (χ0n) is 12.1. The van der Waals surface area contributed by atoms with E-state index in [1.165, 1.54) is 30.8 Å². The fourth-order valence-corrected chi connectivity index (χ4v) is 3.95. The molecule has 0 radical (unpaired) electrons. The average molecular weight is 360 g/mol. The van der Waals surface area contributed by atoms with Crippen LogP contribution in [0.3, 0.4) is 0 Å². The number of nitrogens with zero attached hydrogens (tertiary/aromatic N) is 3. The molecule has 1 aliphatic rings. The molecule has 0 aliphatic heterocycles. The molecule has 112 valence electrons. The fourth-order valence-electron chi connectivity index (χ4n) is 2.79. The molecule has 1 amide bonds. The predicted octanol–water partition coefficient (Wildman–Crippen LogP) is 3.83. The van der Waals surface area contributed by atoms with E-state index in [0.717, 1.165) is 35.3 Å². The maximum Gasteiger partial charge on any atom is 0.267 e. The van der Waals surface area contributed by atoms with Crippen LogP contribution in [0.15, 0.2) is 0 Å². The summed E-state index contributed by atoms with van der Waals surface area (Å²) in [4.78, 5) is 15.6. The smallest absolute Gasteiger partial charge is 0.267 e. The third kappa shape index (κ3) is 3.58. The zero-order chi connectivity index (χ0) is 14.5. The average Bonchev–Trinajstić information content (AvgIpc) is 2.94. The Bertz CT molecular complexity index is 443. The van der Waals surface area contributed by atoms with Crippen molar-refractivity contribution in [2.45, 2.75) is 57.9 Å². The summed E-state index contributed by atoms with van der Waals surface area (Å²) in [5.74, 6) is 0.361. The van der Waals surface area contributed by atoms with Crippen molar-refractivity contribution in [2.75, 3.05) is 11.9 Å². The first-order chi connectivity index (χ1) is 9.65. The van der Waals surface area contributed by atoms with E-state index in [1.807, 2.05) is 4.90 Å². The van der Waals surface area contributed by atoms with Crippen molar-refractivity contribution in [3.63, 3.8) is 0 Å². The third-order valence-corrected chi connectivity index (χ3v) is 4.94. The van der Waals surface area contributed by atoms with Gasteiger partial charge >= 0.3 is 0 Å². The molecule has 0 unspecified atom stereocenters. The summed E-state index contributed by atoms with van der Waals surface area (Å²) in [6, 6.07) is 0.385. The number of amides is 1. The number of alkyl halides is 1. The topological polar surface area (TPSA) is 46.1 Å². The summed E-state index contributed by atoms with van der Waals surface area (Å²) in [6.45, 7) is 4.88. The largest absolute Gasteiger partial charge is 0.334 e. The summed E-state index contributed by atoms with van der Waals surface area (Å²) in [5.41, 5.74) is 0.843. The van der Waals surface area contributed by atoms with E-state index in [-0.39, 0.29) is 11.8 Å². The standard InChI is InChI=1S/C14H22BrN3OS/c1-10(2)12-13(20-17-16-12)14(19)18(9-8-15)11-6-4-3-5-7-11/h10-11H,3-9H2,1-2H3. The van der Waals surface area contributed by atoms with Crippen LogP contribution in [-0.4, -0.2) is 38.3 Å². The minimum Gasteiger partial charge on any atom is -0.334 e. The van der Waals surface area contributed by atoms with Crippen LogP contribution in [0.4, 0.5) is 0 Å². The molecular formula is C14H22BrN3OS. The van der Waals surface area contributed by atoms with Crippen LogP contribution in [0.1, 0.15) is 67.2 Å². The van der Waals surface area contributed by atoms with Gasteiger partial charge in [-0.1, -0.05) is 53.5 Å². The summed E-state index contributed by atoms with van der Waals surface area (Å²) >= 11 is 4.71. The first kappa shape index (κ1) is 15.9. The van der Waals surface area contributed by atoms with Crippen LogP contribution in [-0.2, 0) is 0 Å². The number of rotatable bonds is 5. The monoisotopic (exact) mass is 359 g/mol. The van der Waals surface area contributed by atoms with Gasteiger partial charge in [0.25, 0.3) is 5.91 Å². The van der Waals surface area contributed by atoms with Crippen LogP contribution in [0.5, 0.6) is 0 Å². The van der Waals surface area contributed by atoms with Crippen LogP contribution in [0.25, 0.3) is 0 Å². The molecular weight excluding hydrogens is 338 g/mol. The van der Waals surface area contributed by atoms with Crippen LogP contribution in [0, 0.1) is 0 Å². The maximum absolute atomic E-state index is 12.9. The molecule has 1 aromatic rings. The highest BCUT2D eigenvalue weighted by Gasteiger charge is 2.29. The number of carbonyl (C=O) groups excluding carboxylic acids is 1. The third-order valence-electron chi connectivity index (χ3n) is 3.86. The van der Waals surface area contributed by atoms with Gasteiger partial charge < -0.3 is 4.90 Å². The van der Waals surface area contributed by atoms with Crippen LogP contribution in [0.2, 0.25) is 0 Å². The van der Waals surface area contributed by atoms with Crippen molar-refractivity contribution in [1.82, 2.24) is 14.5 Å². The highest BCUT2D eigenvalue weighted by molar-refractivity contribution is 9.09. The quantitative estimate of drug-likeness (QED) is 0.750. The number of carbonyl (C=O) groups is 1. The molecule has 1 heterocycles. The second-order valence-electron chi connectivity index (χ2n) is 5.62. The molecule has 1 fully saturated rings. The van der Waals surface area contributed by atoms with Crippen LogP contribution < -0.4 is 0 Å². The lowest BCUT2D eigenvalue weighted by molar-refractivity contribution is 0.0654. The molecule has 2 rings (SSSR count). The minimum absolute atomic E-state index is 0.120. The van der Waals surface area contributed by atoms with Crippen molar-refractivity contribution >= 4 is 33.4 Å². The molecule has 4 nitrogen and oxygen atoms in total. The van der Waals surface area contributed by atoms with Gasteiger partial charge in [0, 0.05) is 17.9 Å². The Morgan fingerprint density at radius 3 is 2.70 bits per heavy atom. The summed E-state index contributed by atoms with van der Waals surface area (Å²) in [6.07, 6.45) is 6.01. The van der Waals surface area contributed by atoms with E-state index < -0.39 is 0 Å². The summed E-state index contributed by atoms with van der Waals surface area (Å²) in [5, 5.41) is 4.95. The lowest BCUT2D eigenvalue weighted by Crippen LogP contribution is -2.42. The van der Waals surface area contributed by atoms with Gasteiger partial charge in [0.1, 0.15) is 4.88 Å².